The quantitative estimate of drug-likeness (QED) is 0.784. The topological polar surface area (TPSA) is 37.3 Å². The molecule has 0 unspecified atom stereocenters. The van der Waals surface area contributed by atoms with E-state index >= 15 is 0 Å². The molecule has 5 heteroatoms. The number of aryl methyl sites for hydroxylation is 1. The molecule has 4 rings (SSSR count). The number of anilines is 1. The second-order valence-electron chi connectivity index (χ2n) is 6.38. The van der Waals surface area contributed by atoms with Gasteiger partial charge in [0.25, 0.3) is 5.91 Å². The standard InChI is InChI=1S/C19H21N3OS/c1-3-22-9-7-13-10-15(4-5-16(13)22)20-19(23)17-11-14-6-8-21(2)12-18(14)24-17/h4-5,7,9-11H,3,6,8,12H2,1-2H3,(H,20,23). The summed E-state index contributed by atoms with van der Waals surface area (Å²) >= 11 is 1.62. The molecule has 0 spiro atoms. The third kappa shape index (κ3) is 2.74. The Balaban J connectivity index is 1.56. The normalized spacial score (nSPS) is 14.8. The Morgan fingerprint density at radius 3 is 3.00 bits per heavy atom. The van der Waals surface area contributed by atoms with E-state index in [9.17, 15) is 4.79 Å². The molecule has 0 saturated heterocycles. The van der Waals surface area contributed by atoms with Crippen LogP contribution in [0.15, 0.2) is 36.5 Å². The molecule has 0 atom stereocenters. The van der Waals surface area contributed by atoms with E-state index in [1.165, 1.54) is 16.0 Å². The van der Waals surface area contributed by atoms with E-state index in [2.05, 4.69) is 53.2 Å². The molecule has 0 fully saturated rings. The average molecular weight is 339 g/mol. The highest BCUT2D eigenvalue weighted by atomic mass is 32.1. The van der Waals surface area contributed by atoms with Crippen LogP contribution in [0.3, 0.4) is 0 Å². The molecule has 24 heavy (non-hydrogen) atoms. The van der Waals surface area contributed by atoms with Gasteiger partial charge in [-0.3, -0.25) is 4.79 Å². The maximum Gasteiger partial charge on any atom is 0.265 e. The predicted octanol–water partition coefficient (Wildman–Crippen LogP) is 3.96. The van der Waals surface area contributed by atoms with Crippen LogP contribution in [0.25, 0.3) is 10.9 Å². The first-order valence-electron chi connectivity index (χ1n) is 8.34. The number of rotatable bonds is 3. The molecule has 124 valence electrons. The van der Waals surface area contributed by atoms with Gasteiger partial charge in [0.15, 0.2) is 0 Å². The minimum absolute atomic E-state index is 0.00803. The third-order valence-electron chi connectivity index (χ3n) is 4.67. The Morgan fingerprint density at radius 1 is 1.29 bits per heavy atom. The molecule has 3 heterocycles. The lowest BCUT2D eigenvalue weighted by atomic mass is 10.1. The van der Waals surface area contributed by atoms with Crippen LogP contribution in [0.5, 0.6) is 0 Å². The van der Waals surface area contributed by atoms with Crippen molar-refractivity contribution in [2.75, 3.05) is 18.9 Å². The van der Waals surface area contributed by atoms with Gasteiger partial charge in [-0.1, -0.05) is 0 Å². The van der Waals surface area contributed by atoms with E-state index < -0.39 is 0 Å². The molecule has 1 aliphatic heterocycles. The van der Waals surface area contributed by atoms with E-state index in [1.807, 2.05) is 12.1 Å². The highest BCUT2D eigenvalue weighted by Crippen LogP contribution is 2.28. The fraction of sp³-hybridized carbons (Fsp3) is 0.316. The predicted molar refractivity (Wildman–Crippen MR) is 99.9 cm³/mol. The Kier molecular flexibility index (Phi) is 3.90. The maximum absolute atomic E-state index is 12.6. The fourth-order valence-electron chi connectivity index (χ4n) is 3.31. The Bertz CT molecular complexity index is 909. The summed E-state index contributed by atoms with van der Waals surface area (Å²) < 4.78 is 2.20. The average Bonchev–Trinajstić information content (AvgIpc) is 3.17. The summed E-state index contributed by atoms with van der Waals surface area (Å²) in [6.45, 7) is 5.09. The number of aromatic nitrogens is 1. The first-order valence-corrected chi connectivity index (χ1v) is 9.16. The van der Waals surface area contributed by atoms with Gasteiger partial charge in [0.1, 0.15) is 0 Å². The van der Waals surface area contributed by atoms with Crippen LogP contribution in [0.1, 0.15) is 27.0 Å². The van der Waals surface area contributed by atoms with Crippen molar-refractivity contribution in [3.05, 3.63) is 51.8 Å². The number of nitrogens with one attached hydrogen (secondary N) is 1. The van der Waals surface area contributed by atoms with Crippen LogP contribution in [-0.4, -0.2) is 29.0 Å². The lowest BCUT2D eigenvalue weighted by molar-refractivity contribution is 0.103. The molecule has 0 saturated carbocycles. The molecule has 2 aromatic heterocycles. The molecule has 1 aliphatic rings. The number of fused-ring (bicyclic) bond motifs is 2. The van der Waals surface area contributed by atoms with Crippen LogP contribution in [0, 0.1) is 0 Å². The monoisotopic (exact) mass is 339 g/mol. The molecular formula is C19H21N3OS. The summed E-state index contributed by atoms with van der Waals surface area (Å²) in [7, 11) is 2.13. The number of carbonyl (C=O) groups is 1. The SMILES string of the molecule is CCn1ccc2cc(NC(=O)c3cc4c(s3)CN(C)CC4)ccc21. The molecule has 1 amide bonds. The van der Waals surface area contributed by atoms with Crippen molar-refractivity contribution in [2.45, 2.75) is 26.4 Å². The zero-order valence-corrected chi connectivity index (χ0v) is 14.8. The number of carbonyl (C=O) groups excluding carboxylic acids is 1. The van der Waals surface area contributed by atoms with Crippen molar-refractivity contribution in [3.8, 4) is 0 Å². The van der Waals surface area contributed by atoms with Crippen molar-refractivity contribution in [3.63, 3.8) is 0 Å². The van der Waals surface area contributed by atoms with Gasteiger partial charge in [0, 0.05) is 47.3 Å². The van der Waals surface area contributed by atoms with Gasteiger partial charge in [0.2, 0.25) is 0 Å². The van der Waals surface area contributed by atoms with E-state index in [0.717, 1.165) is 42.0 Å². The summed E-state index contributed by atoms with van der Waals surface area (Å²) in [4.78, 5) is 17.0. The zero-order chi connectivity index (χ0) is 16.7. The lowest BCUT2D eigenvalue weighted by Gasteiger charge is -2.21. The molecule has 1 aromatic carbocycles. The number of thiophene rings is 1. The van der Waals surface area contributed by atoms with E-state index in [0.29, 0.717) is 0 Å². The Hall–Kier alpha value is -2.11. The summed E-state index contributed by atoms with van der Waals surface area (Å²) in [5.41, 5.74) is 3.38. The number of hydrogen-bond acceptors (Lipinski definition) is 3. The second-order valence-corrected chi connectivity index (χ2v) is 7.51. The van der Waals surface area contributed by atoms with E-state index in [-0.39, 0.29) is 5.91 Å². The van der Waals surface area contributed by atoms with Gasteiger partial charge in [-0.05, 0) is 56.3 Å². The summed E-state index contributed by atoms with van der Waals surface area (Å²) in [6.07, 6.45) is 3.12. The van der Waals surface area contributed by atoms with Gasteiger partial charge in [-0.25, -0.2) is 0 Å². The van der Waals surface area contributed by atoms with Gasteiger partial charge >= 0.3 is 0 Å². The number of amides is 1. The summed E-state index contributed by atoms with van der Waals surface area (Å²) in [5.74, 6) is -0.00803. The molecule has 0 aliphatic carbocycles. The number of nitrogens with zero attached hydrogens (tertiary/aromatic N) is 2. The minimum atomic E-state index is -0.00803. The molecular weight excluding hydrogens is 318 g/mol. The fourth-order valence-corrected chi connectivity index (χ4v) is 4.49. The van der Waals surface area contributed by atoms with Gasteiger partial charge < -0.3 is 14.8 Å². The lowest BCUT2D eigenvalue weighted by Crippen LogP contribution is -2.24. The smallest absolute Gasteiger partial charge is 0.265 e. The van der Waals surface area contributed by atoms with Gasteiger partial charge in [-0.15, -0.1) is 11.3 Å². The highest BCUT2D eigenvalue weighted by molar-refractivity contribution is 7.14. The number of likely N-dealkylation sites (N-methyl/N-ethyl adjacent to an activating group) is 1. The summed E-state index contributed by atoms with van der Waals surface area (Å²) in [5, 5.41) is 4.20. The van der Waals surface area contributed by atoms with Crippen LogP contribution in [-0.2, 0) is 19.5 Å². The first-order chi connectivity index (χ1) is 11.6. The molecule has 0 radical (unpaired) electrons. The second kappa shape index (κ2) is 6.07. The van der Waals surface area contributed by atoms with Crippen molar-refractivity contribution in [2.24, 2.45) is 0 Å². The summed E-state index contributed by atoms with van der Waals surface area (Å²) in [6, 6.07) is 10.2. The molecule has 4 nitrogen and oxygen atoms in total. The molecule has 3 aromatic rings. The van der Waals surface area contributed by atoms with Crippen molar-refractivity contribution >= 4 is 33.8 Å². The zero-order valence-electron chi connectivity index (χ0n) is 14.0. The minimum Gasteiger partial charge on any atom is -0.348 e. The number of hydrogen-bond donors (Lipinski definition) is 1. The van der Waals surface area contributed by atoms with Crippen molar-refractivity contribution in [1.82, 2.24) is 9.47 Å². The van der Waals surface area contributed by atoms with Crippen LogP contribution in [0.4, 0.5) is 5.69 Å². The molecule has 0 bridgehead atoms. The van der Waals surface area contributed by atoms with Crippen LogP contribution in [0.2, 0.25) is 0 Å². The van der Waals surface area contributed by atoms with Gasteiger partial charge in [-0.2, -0.15) is 0 Å². The maximum atomic E-state index is 12.6. The van der Waals surface area contributed by atoms with Gasteiger partial charge in [0.05, 0.1) is 4.88 Å². The largest absolute Gasteiger partial charge is 0.348 e. The highest BCUT2D eigenvalue weighted by Gasteiger charge is 2.19. The van der Waals surface area contributed by atoms with Crippen molar-refractivity contribution < 1.29 is 4.79 Å². The molecule has 1 N–H and O–H groups in total. The van der Waals surface area contributed by atoms with E-state index in [1.54, 1.807) is 11.3 Å². The van der Waals surface area contributed by atoms with E-state index in [4.69, 9.17) is 0 Å². The number of benzene rings is 1. The van der Waals surface area contributed by atoms with Crippen LogP contribution >= 0.6 is 11.3 Å². The Labute approximate surface area is 145 Å². The van der Waals surface area contributed by atoms with Crippen molar-refractivity contribution in [1.29, 1.82) is 0 Å². The Morgan fingerprint density at radius 2 is 2.17 bits per heavy atom. The third-order valence-corrected chi connectivity index (χ3v) is 5.83. The first kappa shape index (κ1) is 15.4. The van der Waals surface area contributed by atoms with Crippen LogP contribution < -0.4 is 5.32 Å².